The van der Waals surface area contributed by atoms with Crippen molar-refractivity contribution in [2.75, 3.05) is 0 Å². The topological polar surface area (TPSA) is 60.7 Å². The van der Waals surface area contributed by atoms with Gasteiger partial charge in [-0.3, -0.25) is 0 Å². The number of rotatable bonds is 0. The molecule has 6 aromatic rings. The van der Waals surface area contributed by atoms with Crippen LogP contribution in [-0.2, 0) is 0 Å². The van der Waals surface area contributed by atoms with E-state index in [2.05, 4.69) is 18.2 Å². The molecule has 3 nitrogen and oxygen atoms in total. The van der Waals surface area contributed by atoms with Crippen LogP contribution < -0.4 is 0 Å². The highest BCUT2D eigenvalue weighted by Crippen LogP contribution is 2.25. The largest absolute Gasteiger partial charge is 0.508 e. The van der Waals surface area contributed by atoms with E-state index in [-0.39, 0.29) is 14.9 Å². The highest BCUT2D eigenvalue weighted by atomic mass is 16.3. The second-order valence-corrected chi connectivity index (χ2v) is 8.95. The second-order valence-electron chi connectivity index (χ2n) is 8.95. The van der Waals surface area contributed by atoms with E-state index in [9.17, 15) is 15.3 Å². The number of phenols is 3. The van der Waals surface area contributed by atoms with Crippen LogP contribution in [0.3, 0.4) is 0 Å². The Morgan fingerprint density at radius 1 is 0.368 bits per heavy atom. The molecule has 0 saturated heterocycles. The Morgan fingerprint density at radius 3 is 0.868 bits per heavy atom. The fourth-order valence-electron chi connectivity index (χ4n) is 4.45. The fraction of sp³-hybridized carbons (Fsp3) is 0.143. The lowest BCUT2D eigenvalue weighted by Crippen LogP contribution is -1.77. The molecule has 3 N–H and O–H groups in total. The Labute approximate surface area is 226 Å². The first kappa shape index (κ1) is 29.7. The number of benzene rings is 6. The molecule has 0 radical (unpaired) electrons. The van der Waals surface area contributed by atoms with Crippen LogP contribution in [0, 0.1) is 20.8 Å². The van der Waals surface area contributed by atoms with E-state index < -0.39 is 0 Å². The van der Waals surface area contributed by atoms with Gasteiger partial charge in [0.1, 0.15) is 17.2 Å². The SMILES string of the molecule is C.C.Cc1cc(O)cc2ccccc12.Cc1cc(O)cc2ccccc12.Cc1cc(O)cc2ccccc12. The lowest BCUT2D eigenvalue weighted by Gasteiger charge is -2.01. The van der Waals surface area contributed by atoms with Crippen molar-refractivity contribution < 1.29 is 15.3 Å². The van der Waals surface area contributed by atoms with E-state index in [0.717, 1.165) is 32.8 Å². The molecule has 0 aliphatic rings. The predicted molar refractivity (Wildman–Crippen MR) is 165 cm³/mol. The monoisotopic (exact) mass is 506 g/mol. The van der Waals surface area contributed by atoms with Gasteiger partial charge in [0.15, 0.2) is 0 Å². The summed E-state index contributed by atoms with van der Waals surface area (Å²) in [6, 6.07) is 34.8. The summed E-state index contributed by atoms with van der Waals surface area (Å²) in [7, 11) is 0. The maximum absolute atomic E-state index is 9.31. The molecule has 0 atom stereocenters. The molecule has 0 aromatic heterocycles. The highest BCUT2D eigenvalue weighted by Gasteiger charge is 1.99. The Hall–Kier alpha value is -4.50. The van der Waals surface area contributed by atoms with Gasteiger partial charge in [-0.25, -0.2) is 0 Å². The molecule has 0 spiro atoms. The number of hydrogen-bond donors (Lipinski definition) is 3. The first-order valence-corrected chi connectivity index (χ1v) is 11.9. The Bertz CT molecular complexity index is 1450. The Kier molecular flexibility index (Phi) is 10.3. The molecule has 0 aliphatic carbocycles. The van der Waals surface area contributed by atoms with Gasteiger partial charge < -0.3 is 15.3 Å². The van der Waals surface area contributed by atoms with E-state index >= 15 is 0 Å². The van der Waals surface area contributed by atoms with Crippen molar-refractivity contribution in [3.63, 3.8) is 0 Å². The van der Waals surface area contributed by atoms with Gasteiger partial charge in [-0.1, -0.05) is 87.6 Å². The van der Waals surface area contributed by atoms with Crippen LogP contribution in [0.4, 0.5) is 0 Å². The maximum Gasteiger partial charge on any atom is 0.116 e. The van der Waals surface area contributed by atoms with Crippen molar-refractivity contribution in [1.29, 1.82) is 0 Å². The summed E-state index contributed by atoms with van der Waals surface area (Å²) >= 11 is 0. The Balaban J connectivity index is 0.000000195. The molecule has 3 heteroatoms. The number of hydrogen-bond acceptors (Lipinski definition) is 3. The summed E-state index contributed by atoms with van der Waals surface area (Å²) < 4.78 is 0. The van der Waals surface area contributed by atoms with E-state index in [1.807, 2.05) is 75.4 Å². The third-order valence-corrected chi connectivity index (χ3v) is 6.16. The van der Waals surface area contributed by atoms with Gasteiger partial charge in [-0.2, -0.15) is 0 Å². The average Bonchev–Trinajstić information content (AvgIpc) is 2.85. The normalized spacial score (nSPS) is 9.87. The number of aromatic hydroxyl groups is 3. The summed E-state index contributed by atoms with van der Waals surface area (Å²) in [5.74, 6) is 1.02. The molecular formula is C35H38O3. The van der Waals surface area contributed by atoms with E-state index in [4.69, 9.17) is 0 Å². The zero-order valence-corrected chi connectivity index (χ0v) is 20.7. The summed E-state index contributed by atoms with van der Waals surface area (Å²) in [5.41, 5.74) is 3.35. The van der Waals surface area contributed by atoms with Crippen molar-refractivity contribution in [3.05, 3.63) is 126 Å². The van der Waals surface area contributed by atoms with Crippen LogP contribution in [0.5, 0.6) is 17.2 Å². The van der Waals surface area contributed by atoms with Gasteiger partial charge in [-0.05, 0) is 106 Å². The summed E-state index contributed by atoms with van der Waals surface area (Å²) in [4.78, 5) is 0. The van der Waals surface area contributed by atoms with Gasteiger partial charge in [0.25, 0.3) is 0 Å². The molecule has 0 saturated carbocycles. The zero-order valence-electron chi connectivity index (χ0n) is 20.7. The summed E-state index contributed by atoms with van der Waals surface area (Å²) in [6.45, 7) is 6.01. The third kappa shape index (κ3) is 7.04. The first-order chi connectivity index (χ1) is 17.3. The number of phenolic OH excluding ortho intramolecular Hbond substituents is 3. The molecule has 38 heavy (non-hydrogen) atoms. The minimum atomic E-state index is 0. The lowest BCUT2D eigenvalue weighted by molar-refractivity contribution is 0.475. The molecule has 6 rings (SSSR count). The molecule has 0 heterocycles. The van der Waals surface area contributed by atoms with Crippen LogP contribution in [0.1, 0.15) is 31.5 Å². The highest BCUT2D eigenvalue weighted by molar-refractivity contribution is 5.88. The van der Waals surface area contributed by atoms with Gasteiger partial charge >= 0.3 is 0 Å². The molecular weight excluding hydrogens is 468 g/mol. The third-order valence-electron chi connectivity index (χ3n) is 6.16. The van der Waals surface area contributed by atoms with Gasteiger partial charge in [-0.15, -0.1) is 0 Å². The molecule has 0 unspecified atom stereocenters. The number of fused-ring (bicyclic) bond motifs is 3. The predicted octanol–water partition coefficient (Wildman–Crippen LogP) is 9.83. The molecule has 196 valence electrons. The van der Waals surface area contributed by atoms with Gasteiger partial charge in [0, 0.05) is 0 Å². The van der Waals surface area contributed by atoms with Crippen LogP contribution in [0.2, 0.25) is 0 Å². The maximum atomic E-state index is 9.31. The minimum Gasteiger partial charge on any atom is -0.508 e. The lowest BCUT2D eigenvalue weighted by atomic mass is 10.1. The standard InChI is InChI=1S/3C11H10O.2CH4/c3*1-8-6-10(12)7-9-4-2-3-5-11(8)9;;/h3*2-7,12H,1H3;2*1H4. The minimum absolute atomic E-state index is 0. The van der Waals surface area contributed by atoms with E-state index in [1.165, 1.54) is 16.2 Å². The van der Waals surface area contributed by atoms with Crippen molar-refractivity contribution in [2.24, 2.45) is 0 Å². The molecule has 0 amide bonds. The smallest absolute Gasteiger partial charge is 0.116 e. The Morgan fingerprint density at radius 2 is 0.605 bits per heavy atom. The number of aryl methyl sites for hydroxylation is 3. The van der Waals surface area contributed by atoms with Crippen LogP contribution >= 0.6 is 0 Å². The van der Waals surface area contributed by atoms with E-state index in [0.29, 0.717) is 17.2 Å². The van der Waals surface area contributed by atoms with Crippen LogP contribution in [0.25, 0.3) is 32.3 Å². The zero-order chi connectivity index (χ0) is 25.7. The van der Waals surface area contributed by atoms with Crippen molar-refractivity contribution in [3.8, 4) is 17.2 Å². The van der Waals surface area contributed by atoms with Crippen molar-refractivity contribution >= 4 is 32.3 Å². The van der Waals surface area contributed by atoms with Crippen LogP contribution in [0.15, 0.2) is 109 Å². The quantitative estimate of drug-likeness (QED) is 0.192. The van der Waals surface area contributed by atoms with Crippen molar-refractivity contribution in [1.82, 2.24) is 0 Å². The van der Waals surface area contributed by atoms with Gasteiger partial charge in [0.2, 0.25) is 0 Å². The molecule has 0 bridgehead atoms. The fourth-order valence-corrected chi connectivity index (χ4v) is 4.45. The second kappa shape index (κ2) is 13.2. The molecule has 0 aliphatic heterocycles. The van der Waals surface area contributed by atoms with Crippen LogP contribution in [-0.4, -0.2) is 15.3 Å². The van der Waals surface area contributed by atoms with E-state index in [1.54, 1.807) is 36.4 Å². The average molecular weight is 507 g/mol. The van der Waals surface area contributed by atoms with Crippen molar-refractivity contribution in [2.45, 2.75) is 35.6 Å². The summed E-state index contributed by atoms with van der Waals surface area (Å²) in [5, 5.41) is 34.8. The van der Waals surface area contributed by atoms with Gasteiger partial charge in [0.05, 0.1) is 0 Å². The summed E-state index contributed by atoms with van der Waals surface area (Å²) in [6.07, 6.45) is 0. The first-order valence-electron chi connectivity index (χ1n) is 11.9. The molecule has 0 fully saturated rings. The molecule has 6 aromatic carbocycles.